The zero-order chi connectivity index (χ0) is 18.4. The molecule has 2 rings (SSSR count). The number of hydrogen-bond acceptors (Lipinski definition) is 7. The number of esters is 1. The molecule has 0 saturated carbocycles. The van der Waals surface area contributed by atoms with Crippen LogP contribution in [0.5, 0.6) is 5.75 Å². The van der Waals surface area contributed by atoms with Gasteiger partial charge in [-0.1, -0.05) is 0 Å². The molecule has 1 amide bonds. The van der Waals surface area contributed by atoms with E-state index < -0.39 is 23.4 Å². The van der Waals surface area contributed by atoms with Crippen LogP contribution in [0.2, 0.25) is 0 Å². The number of ether oxygens (including phenoxy) is 2. The maximum atomic E-state index is 12.0. The summed E-state index contributed by atoms with van der Waals surface area (Å²) in [6.07, 6.45) is 1.49. The van der Waals surface area contributed by atoms with Gasteiger partial charge in [0.15, 0.2) is 12.4 Å². The number of hydrogen-bond donors (Lipinski definition) is 0. The van der Waals surface area contributed by atoms with Gasteiger partial charge >= 0.3 is 11.7 Å². The number of furan rings is 1. The summed E-state index contributed by atoms with van der Waals surface area (Å²) in [5.74, 6) is -0.665. The van der Waals surface area contributed by atoms with Gasteiger partial charge in [0.25, 0.3) is 5.91 Å². The molecule has 0 N–H and O–H groups in total. The molecule has 2 aromatic rings. The van der Waals surface area contributed by atoms with Crippen molar-refractivity contribution in [3.8, 4) is 5.75 Å². The average Bonchev–Trinajstić information content (AvgIpc) is 3.11. The largest absolute Gasteiger partial charge is 0.490 e. The first-order chi connectivity index (χ1) is 11.9. The zero-order valence-electron chi connectivity index (χ0n) is 13.6. The molecule has 1 aromatic heterocycles. The van der Waals surface area contributed by atoms with Crippen molar-refractivity contribution >= 4 is 17.6 Å². The Balaban J connectivity index is 1.96. The van der Waals surface area contributed by atoms with Gasteiger partial charge in [-0.15, -0.1) is 0 Å². The van der Waals surface area contributed by atoms with Crippen LogP contribution in [0.1, 0.15) is 16.1 Å². The lowest BCUT2D eigenvalue weighted by Crippen LogP contribution is -2.30. The summed E-state index contributed by atoms with van der Waals surface area (Å²) in [6, 6.07) is 7.07. The van der Waals surface area contributed by atoms with Crippen molar-refractivity contribution in [1.29, 1.82) is 0 Å². The van der Waals surface area contributed by atoms with Crippen LogP contribution in [0.25, 0.3) is 0 Å². The molecule has 0 aliphatic carbocycles. The normalized spacial score (nSPS) is 10.2. The number of nitro groups is 1. The first-order valence-electron chi connectivity index (χ1n) is 7.18. The molecule has 0 spiro atoms. The fourth-order valence-corrected chi connectivity index (χ4v) is 2.00. The number of rotatable bonds is 7. The van der Waals surface area contributed by atoms with Gasteiger partial charge in [-0.25, -0.2) is 4.79 Å². The van der Waals surface area contributed by atoms with E-state index in [9.17, 15) is 19.7 Å². The van der Waals surface area contributed by atoms with Crippen molar-refractivity contribution in [3.63, 3.8) is 0 Å². The van der Waals surface area contributed by atoms with Crippen molar-refractivity contribution in [3.05, 3.63) is 58.0 Å². The lowest BCUT2D eigenvalue weighted by molar-refractivity contribution is -0.385. The highest BCUT2D eigenvalue weighted by Gasteiger charge is 2.20. The number of likely N-dealkylation sites (N-methyl/N-ethyl adjacent to an activating group) is 1. The van der Waals surface area contributed by atoms with Gasteiger partial charge in [0, 0.05) is 13.1 Å². The van der Waals surface area contributed by atoms with E-state index in [4.69, 9.17) is 13.9 Å². The van der Waals surface area contributed by atoms with Crippen LogP contribution in [-0.2, 0) is 16.1 Å². The molecule has 9 heteroatoms. The summed E-state index contributed by atoms with van der Waals surface area (Å²) in [7, 11) is 2.82. The van der Waals surface area contributed by atoms with Crippen LogP contribution in [0.3, 0.4) is 0 Å². The molecular weight excluding hydrogens is 332 g/mol. The minimum atomic E-state index is -0.842. The summed E-state index contributed by atoms with van der Waals surface area (Å²) >= 11 is 0. The number of carbonyl (C=O) groups excluding carboxylic acids is 2. The van der Waals surface area contributed by atoms with E-state index in [1.165, 1.54) is 37.5 Å². The van der Waals surface area contributed by atoms with Crippen LogP contribution in [-0.4, -0.2) is 42.5 Å². The minimum absolute atomic E-state index is 0.0239. The number of methoxy groups -OCH3 is 1. The number of nitro benzene ring substituents is 1. The lowest BCUT2D eigenvalue weighted by Gasteiger charge is -2.15. The van der Waals surface area contributed by atoms with E-state index >= 15 is 0 Å². The Labute approximate surface area is 142 Å². The van der Waals surface area contributed by atoms with Gasteiger partial charge in [-0.05, 0) is 24.3 Å². The standard InChI is InChI=1S/C16H16N2O7/c1-17(9-12-4-3-7-24-12)15(19)10-25-16(20)11-5-6-14(23-2)13(8-11)18(21)22/h3-8H,9-10H2,1-2H3. The second kappa shape index (κ2) is 7.95. The fraction of sp³-hybridized carbons (Fsp3) is 0.250. The maximum Gasteiger partial charge on any atom is 0.338 e. The van der Waals surface area contributed by atoms with E-state index in [1.807, 2.05) is 0 Å². The third-order valence-corrected chi connectivity index (χ3v) is 3.34. The third kappa shape index (κ3) is 4.56. The van der Waals surface area contributed by atoms with Crippen LogP contribution in [0.15, 0.2) is 41.0 Å². The Bertz CT molecular complexity index is 771. The molecule has 0 saturated heterocycles. The summed E-state index contributed by atoms with van der Waals surface area (Å²) in [5.41, 5.74) is -0.410. The minimum Gasteiger partial charge on any atom is -0.490 e. The summed E-state index contributed by atoms with van der Waals surface area (Å²) in [4.78, 5) is 35.6. The Morgan fingerprint density at radius 1 is 1.32 bits per heavy atom. The summed E-state index contributed by atoms with van der Waals surface area (Å²) < 4.78 is 14.9. The number of carbonyl (C=O) groups is 2. The summed E-state index contributed by atoms with van der Waals surface area (Å²) in [6.45, 7) is -0.257. The van der Waals surface area contributed by atoms with Crippen LogP contribution in [0, 0.1) is 10.1 Å². The van der Waals surface area contributed by atoms with Gasteiger partial charge in [0.2, 0.25) is 0 Å². The highest BCUT2D eigenvalue weighted by atomic mass is 16.6. The van der Waals surface area contributed by atoms with E-state index in [2.05, 4.69) is 0 Å². The molecule has 25 heavy (non-hydrogen) atoms. The quantitative estimate of drug-likeness (QED) is 0.427. The Kier molecular flexibility index (Phi) is 5.72. The number of nitrogens with zero attached hydrogens (tertiary/aromatic N) is 2. The molecule has 0 unspecified atom stereocenters. The predicted molar refractivity (Wildman–Crippen MR) is 85.1 cm³/mol. The average molecular weight is 348 g/mol. The zero-order valence-corrected chi connectivity index (χ0v) is 13.6. The highest BCUT2D eigenvalue weighted by molar-refractivity contribution is 5.92. The van der Waals surface area contributed by atoms with Gasteiger partial charge in [0.1, 0.15) is 5.76 Å². The molecule has 0 radical (unpaired) electrons. The Hall–Kier alpha value is -3.36. The molecule has 0 aliphatic rings. The topological polar surface area (TPSA) is 112 Å². The van der Waals surface area contributed by atoms with Gasteiger partial charge < -0.3 is 18.8 Å². The summed E-state index contributed by atoms with van der Waals surface area (Å²) in [5, 5.41) is 11.0. The molecule has 1 aromatic carbocycles. The van der Waals surface area contributed by atoms with Gasteiger partial charge in [-0.3, -0.25) is 14.9 Å². The SMILES string of the molecule is COc1ccc(C(=O)OCC(=O)N(C)Cc2ccco2)cc1[N+](=O)[O-]. The molecule has 0 atom stereocenters. The first kappa shape index (κ1) is 18.0. The van der Waals surface area contributed by atoms with E-state index in [0.717, 1.165) is 6.07 Å². The van der Waals surface area contributed by atoms with E-state index in [-0.39, 0.29) is 23.5 Å². The second-order valence-corrected chi connectivity index (χ2v) is 5.05. The molecule has 1 heterocycles. The second-order valence-electron chi connectivity index (χ2n) is 5.05. The molecule has 132 valence electrons. The number of amides is 1. The maximum absolute atomic E-state index is 12.0. The number of benzene rings is 1. The Morgan fingerprint density at radius 3 is 2.68 bits per heavy atom. The molecule has 0 fully saturated rings. The van der Waals surface area contributed by atoms with E-state index in [0.29, 0.717) is 5.76 Å². The van der Waals surface area contributed by atoms with Crippen molar-refractivity contribution < 1.29 is 28.4 Å². The molecule has 0 aliphatic heterocycles. The highest BCUT2D eigenvalue weighted by Crippen LogP contribution is 2.27. The monoisotopic (exact) mass is 348 g/mol. The third-order valence-electron chi connectivity index (χ3n) is 3.34. The molecule has 9 nitrogen and oxygen atoms in total. The lowest BCUT2D eigenvalue weighted by atomic mass is 10.2. The predicted octanol–water partition coefficient (Wildman–Crippen LogP) is 2.01. The first-order valence-corrected chi connectivity index (χ1v) is 7.18. The van der Waals surface area contributed by atoms with E-state index in [1.54, 1.807) is 12.1 Å². The van der Waals surface area contributed by atoms with Gasteiger partial charge in [0.05, 0.1) is 30.4 Å². The van der Waals surface area contributed by atoms with Crippen LogP contribution >= 0.6 is 0 Å². The van der Waals surface area contributed by atoms with Crippen LogP contribution in [0.4, 0.5) is 5.69 Å². The van der Waals surface area contributed by atoms with Crippen molar-refractivity contribution in [1.82, 2.24) is 4.90 Å². The Morgan fingerprint density at radius 2 is 2.08 bits per heavy atom. The smallest absolute Gasteiger partial charge is 0.338 e. The molecule has 0 bridgehead atoms. The van der Waals surface area contributed by atoms with Crippen LogP contribution < -0.4 is 4.74 Å². The van der Waals surface area contributed by atoms with Crippen molar-refractivity contribution in [2.24, 2.45) is 0 Å². The van der Waals surface area contributed by atoms with Crippen molar-refractivity contribution in [2.75, 3.05) is 20.8 Å². The van der Waals surface area contributed by atoms with Crippen molar-refractivity contribution in [2.45, 2.75) is 6.54 Å². The molecular formula is C16H16N2O7. The fourth-order valence-electron chi connectivity index (χ4n) is 2.00. The van der Waals surface area contributed by atoms with Gasteiger partial charge in [-0.2, -0.15) is 0 Å².